The van der Waals surface area contributed by atoms with Crippen molar-refractivity contribution < 1.29 is 4.42 Å². The maximum atomic E-state index is 11.6. The molecule has 0 spiro atoms. The molecule has 78 valence electrons. The number of aromatic nitrogens is 2. The summed E-state index contributed by atoms with van der Waals surface area (Å²) >= 11 is 0. The van der Waals surface area contributed by atoms with Crippen molar-refractivity contribution in [3.05, 3.63) is 53.4 Å². The number of fused-ring (bicyclic) bond motifs is 1. The highest BCUT2D eigenvalue weighted by molar-refractivity contribution is 5.93. The quantitative estimate of drug-likeness (QED) is 0.672. The predicted octanol–water partition coefficient (Wildman–Crippen LogP) is 2.18. The zero-order chi connectivity index (χ0) is 11.0. The number of furan rings is 1. The molecule has 16 heavy (non-hydrogen) atoms. The smallest absolute Gasteiger partial charge is 0.257 e. The number of nitrogens with zero attached hydrogens (tertiary/aromatic N) is 1. The van der Waals surface area contributed by atoms with Crippen molar-refractivity contribution in [2.45, 2.75) is 0 Å². The average molecular weight is 212 g/mol. The Morgan fingerprint density at radius 3 is 3.00 bits per heavy atom. The third-order valence-corrected chi connectivity index (χ3v) is 2.49. The van der Waals surface area contributed by atoms with Gasteiger partial charge in [-0.25, -0.2) is 0 Å². The molecule has 0 atom stereocenters. The molecule has 0 saturated heterocycles. The van der Waals surface area contributed by atoms with Gasteiger partial charge in [-0.2, -0.15) is 0 Å². The van der Waals surface area contributed by atoms with Gasteiger partial charge in [-0.1, -0.05) is 0 Å². The second-order valence-corrected chi connectivity index (χ2v) is 3.43. The van der Waals surface area contributed by atoms with E-state index in [4.69, 9.17) is 4.42 Å². The van der Waals surface area contributed by atoms with Gasteiger partial charge in [-0.3, -0.25) is 9.78 Å². The summed E-state index contributed by atoms with van der Waals surface area (Å²) in [5.74, 6) is 0.729. The lowest BCUT2D eigenvalue weighted by Crippen LogP contribution is -2.05. The molecule has 0 aliphatic heterocycles. The van der Waals surface area contributed by atoms with E-state index < -0.39 is 0 Å². The van der Waals surface area contributed by atoms with Crippen LogP contribution in [-0.2, 0) is 0 Å². The molecular formula is C12H8N2O2. The van der Waals surface area contributed by atoms with Crippen molar-refractivity contribution in [1.29, 1.82) is 0 Å². The van der Waals surface area contributed by atoms with Crippen molar-refractivity contribution in [2.24, 2.45) is 0 Å². The number of pyridine rings is 2. The van der Waals surface area contributed by atoms with Crippen LogP contribution in [0.2, 0.25) is 0 Å². The van der Waals surface area contributed by atoms with Crippen LogP contribution in [0.25, 0.3) is 22.1 Å². The van der Waals surface area contributed by atoms with Crippen LogP contribution in [0.3, 0.4) is 0 Å². The summed E-state index contributed by atoms with van der Waals surface area (Å²) in [5.41, 5.74) is 0.723. The number of aromatic amines is 1. The molecule has 4 nitrogen and oxygen atoms in total. The summed E-state index contributed by atoms with van der Waals surface area (Å²) in [6.07, 6.45) is 6.48. The first-order valence-corrected chi connectivity index (χ1v) is 4.85. The molecule has 0 aromatic carbocycles. The molecule has 3 rings (SSSR count). The van der Waals surface area contributed by atoms with Crippen LogP contribution in [0.4, 0.5) is 0 Å². The molecule has 0 aliphatic rings. The molecule has 1 N–H and O–H groups in total. The number of hydrogen-bond donors (Lipinski definition) is 1. The van der Waals surface area contributed by atoms with Gasteiger partial charge in [0.1, 0.15) is 5.76 Å². The summed E-state index contributed by atoms with van der Waals surface area (Å²) in [7, 11) is 0. The minimum Gasteiger partial charge on any atom is -0.464 e. The maximum Gasteiger partial charge on any atom is 0.257 e. The lowest BCUT2D eigenvalue weighted by molar-refractivity contribution is 0.582. The fourth-order valence-corrected chi connectivity index (χ4v) is 1.74. The molecule has 3 heterocycles. The summed E-state index contributed by atoms with van der Waals surface area (Å²) in [6.45, 7) is 0. The molecule has 0 amide bonds. The molecule has 0 aliphatic carbocycles. The van der Waals surface area contributed by atoms with Crippen LogP contribution in [0, 0.1) is 0 Å². The van der Waals surface area contributed by atoms with E-state index >= 15 is 0 Å². The Kier molecular flexibility index (Phi) is 1.86. The lowest BCUT2D eigenvalue weighted by atomic mass is 10.1. The standard InChI is InChI=1S/C12H8N2O2/c15-12-10-6-13-4-3-8(10)9(7-14-12)11-2-1-5-16-11/h1-7H,(H,14,15). The average Bonchev–Trinajstić information content (AvgIpc) is 2.83. The molecular weight excluding hydrogens is 204 g/mol. The van der Waals surface area contributed by atoms with Gasteiger partial charge in [0, 0.05) is 29.5 Å². The van der Waals surface area contributed by atoms with Gasteiger partial charge in [-0.05, 0) is 18.2 Å². The van der Waals surface area contributed by atoms with Crippen molar-refractivity contribution in [3.8, 4) is 11.3 Å². The van der Waals surface area contributed by atoms with Crippen molar-refractivity contribution in [1.82, 2.24) is 9.97 Å². The molecule has 0 saturated carbocycles. The minimum atomic E-state index is -0.140. The van der Waals surface area contributed by atoms with E-state index in [0.29, 0.717) is 5.39 Å². The fourth-order valence-electron chi connectivity index (χ4n) is 1.74. The third-order valence-electron chi connectivity index (χ3n) is 2.49. The maximum absolute atomic E-state index is 11.6. The normalized spacial score (nSPS) is 10.8. The van der Waals surface area contributed by atoms with Gasteiger partial charge in [-0.15, -0.1) is 0 Å². The zero-order valence-corrected chi connectivity index (χ0v) is 8.31. The first-order valence-electron chi connectivity index (χ1n) is 4.85. The summed E-state index contributed by atoms with van der Waals surface area (Å²) in [5, 5.41) is 1.41. The predicted molar refractivity (Wildman–Crippen MR) is 60.1 cm³/mol. The molecule has 0 unspecified atom stereocenters. The van der Waals surface area contributed by atoms with E-state index in [-0.39, 0.29) is 5.56 Å². The van der Waals surface area contributed by atoms with Crippen LogP contribution in [0.5, 0.6) is 0 Å². The van der Waals surface area contributed by atoms with Crippen LogP contribution >= 0.6 is 0 Å². The van der Waals surface area contributed by atoms with E-state index in [1.54, 1.807) is 24.9 Å². The Morgan fingerprint density at radius 2 is 2.19 bits per heavy atom. The molecule has 3 aromatic heterocycles. The monoisotopic (exact) mass is 212 g/mol. The summed E-state index contributed by atoms with van der Waals surface area (Å²) < 4.78 is 5.33. The molecule has 0 fully saturated rings. The minimum absolute atomic E-state index is 0.140. The summed E-state index contributed by atoms with van der Waals surface area (Å²) in [6, 6.07) is 5.48. The molecule has 4 heteroatoms. The Bertz CT molecular complexity index is 684. The first-order chi connectivity index (χ1) is 7.86. The van der Waals surface area contributed by atoms with Gasteiger partial charge in [0.15, 0.2) is 0 Å². The Balaban J connectivity index is 2.43. The first kappa shape index (κ1) is 8.91. The van der Waals surface area contributed by atoms with Crippen molar-refractivity contribution >= 4 is 10.8 Å². The number of H-pyrrole nitrogens is 1. The van der Waals surface area contributed by atoms with E-state index in [9.17, 15) is 4.79 Å². The van der Waals surface area contributed by atoms with Crippen LogP contribution in [-0.4, -0.2) is 9.97 Å². The van der Waals surface area contributed by atoms with Crippen LogP contribution in [0.15, 0.2) is 52.3 Å². The Labute approximate surface area is 90.6 Å². The fraction of sp³-hybridized carbons (Fsp3) is 0. The molecule has 3 aromatic rings. The zero-order valence-electron chi connectivity index (χ0n) is 8.31. The van der Waals surface area contributed by atoms with Crippen molar-refractivity contribution in [2.75, 3.05) is 0 Å². The third kappa shape index (κ3) is 1.24. The SMILES string of the molecule is O=c1[nH]cc(-c2ccco2)c2ccncc12. The van der Waals surface area contributed by atoms with Gasteiger partial charge in [0.25, 0.3) is 5.56 Å². The second-order valence-electron chi connectivity index (χ2n) is 3.43. The Morgan fingerprint density at radius 1 is 1.25 bits per heavy atom. The van der Waals surface area contributed by atoms with Gasteiger partial charge in [0.05, 0.1) is 11.6 Å². The molecule has 0 radical (unpaired) electrons. The largest absolute Gasteiger partial charge is 0.464 e. The highest BCUT2D eigenvalue weighted by Gasteiger charge is 2.08. The van der Waals surface area contributed by atoms with E-state index in [2.05, 4.69) is 9.97 Å². The van der Waals surface area contributed by atoms with Crippen molar-refractivity contribution in [3.63, 3.8) is 0 Å². The van der Waals surface area contributed by atoms with E-state index in [1.165, 1.54) is 0 Å². The van der Waals surface area contributed by atoms with E-state index in [1.807, 2.05) is 18.2 Å². The summed E-state index contributed by atoms with van der Waals surface area (Å²) in [4.78, 5) is 18.2. The topological polar surface area (TPSA) is 58.9 Å². The lowest BCUT2D eigenvalue weighted by Gasteiger charge is -2.01. The van der Waals surface area contributed by atoms with Crippen LogP contribution < -0.4 is 5.56 Å². The number of nitrogens with one attached hydrogen (secondary N) is 1. The van der Waals surface area contributed by atoms with Gasteiger partial charge >= 0.3 is 0 Å². The van der Waals surface area contributed by atoms with Crippen LogP contribution in [0.1, 0.15) is 0 Å². The number of rotatable bonds is 1. The molecule has 0 bridgehead atoms. The van der Waals surface area contributed by atoms with Gasteiger partial charge in [0.2, 0.25) is 0 Å². The van der Waals surface area contributed by atoms with E-state index in [0.717, 1.165) is 16.7 Å². The Hall–Kier alpha value is -2.36. The highest BCUT2D eigenvalue weighted by Crippen LogP contribution is 2.25. The second kappa shape index (κ2) is 3.34. The highest BCUT2D eigenvalue weighted by atomic mass is 16.3. The van der Waals surface area contributed by atoms with Gasteiger partial charge < -0.3 is 9.40 Å². The number of hydrogen-bond acceptors (Lipinski definition) is 3.